The van der Waals surface area contributed by atoms with Gasteiger partial charge in [0.15, 0.2) is 9.84 Å². The highest BCUT2D eigenvalue weighted by Gasteiger charge is 2.18. The fourth-order valence-electron chi connectivity index (χ4n) is 2.01. The smallest absolute Gasteiger partial charge is 0.184 e. The van der Waals surface area contributed by atoms with Crippen molar-refractivity contribution in [1.29, 1.82) is 0 Å². The molecule has 2 N–H and O–H groups in total. The summed E-state index contributed by atoms with van der Waals surface area (Å²) in [7, 11) is -3.41. The zero-order chi connectivity index (χ0) is 14.0. The van der Waals surface area contributed by atoms with Crippen molar-refractivity contribution in [2.75, 3.05) is 5.73 Å². The van der Waals surface area contributed by atoms with Crippen LogP contribution in [0.3, 0.4) is 0 Å². The van der Waals surface area contributed by atoms with Gasteiger partial charge in [-0.05, 0) is 37.1 Å². The first-order valence-corrected chi connectivity index (χ1v) is 7.68. The fourth-order valence-corrected chi connectivity index (χ4v) is 3.58. The number of nitrogens with two attached hydrogens (primary N) is 1. The molecule has 0 atom stereocenters. The largest absolute Gasteiger partial charge is 0.398 e. The molecule has 2 rings (SSSR count). The summed E-state index contributed by atoms with van der Waals surface area (Å²) in [5, 5.41) is 0. The van der Waals surface area contributed by atoms with Gasteiger partial charge in [0.05, 0.1) is 16.3 Å². The molecule has 0 heterocycles. The van der Waals surface area contributed by atoms with Crippen LogP contribution in [-0.2, 0) is 15.6 Å². The van der Waals surface area contributed by atoms with Crippen molar-refractivity contribution in [3.05, 3.63) is 59.2 Å². The van der Waals surface area contributed by atoms with Gasteiger partial charge in [-0.2, -0.15) is 0 Å². The summed E-state index contributed by atoms with van der Waals surface area (Å²) in [4.78, 5) is 0.217. The molecule has 3 nitrogen and oxygen atoms in total. The van der Waals surface area contributed by atoms with E-state index in [4.69, 9.17) is 5.73 Å². The Bertz CT molecular complexity index is 706. The lowest BCUT2D eigenvalue weighted by molar-refractivity contribution is 0.595. The van der Waals surface area contributed by atoms with E-state index in [0.29, 0.717) is 5.69 Å². The number of sulfone groups is 1. The summed E-state index contributed by atoms with van der Waals surface area (Å²) >= 11 is 0. The Labute approximate surface area is 114 Å². The maximum Gasteiger partial charge on any atom is 0.184 e. The van der Waals surface area contributed by atoms with Crippen LogP contribution >= 0.6 is 0 Å². The van der Waals surface area contributed by atoms with Gasteiger partial charge in [0.2, 0.25) is 0 Å². The molecule has 0 radical (unpaired) electrons. The maximum absolute atomic E-state index is 12.4. The zero-order valence-electron chi connectivity index (χ0n) is 11.1. The molecule has 2 aromatic rings. The molecule has 0 aliphatic rings. The lowest BCUT2D eigenvalue weighted by Crippen LogP contribution is -2.08. The van der Waals surface area contributed by atoms with Gasteiger partial charge in [0.25, 0.3) is 0 Å². The SMILES string of the molecule is Cc1cccc(CS(=O)(=O)c2cc(C)ccc2N)c1. The average Bonchev–Trinajstić information content (AvgIpc) is 2.31. The van der Waals surface area contributed by atoms with Gasteiger partial charge in [0.1, 0.15) is 0 Å². The highest BCUT2D eigenvalue weighted by molar-refractivity contribution is 7.90. The number of hydrogen-bond donors (Lipinski definition) is 1. The van der Waals surface area contributed by atoms with E-state index in [-0.39, 0.29) is 10.6 Å². The quantitative estimate of drug-likeness (QED) is 0.876. The van der Waals surface area contributed by atoms with Crippen molar-refractivity contribution in [1.82, 2.24) is 0 Å². The van der Waals surface area contributed by atoms with Crippen LogP contribution in [0.4, 0.5) is 5.69 Å². The molecule has 0 aliphatic heterocycles. The van der Waals surface area contributed by atoms with Gasteiger partial charge >= 0.3 is 0 Å². The van der Waals surface area contributed by atoms with E-state index in [1.807, 2.05) is 38.1 Å². The minimum atomic E-state index is -3.41. The van der Waals surface area contributed by atoms with Gasteiger partial charge in [-0.15, -0.1) is 0 Å². The summed E-state index contributed by atoms with van der Waals surface area (Å²) in [5.41, 5.74) is 8.79. The maximum atomic E-state index is 12.4. The number of aryl methyl sites for hydroxylation is 2. The summed E-state index contributed by atoms with van der Waals surface area (Å²) in [6.45, 7) is 3.79. The molecule has 0 spiro atoms. The van der Waals surface area contributed by atoms with Crippen LogP contribution in [0.5, 0.6) is 0 Å². The summed E-state index contributed by atoms with van der Waals surface area (Å²) in [5.74, 6) is -0.0255. The van der Waals surface area contributed by atoms with E-state index in [9.17, 15) is 8.42 Å². The molecule has 0 unspecified atom stereocenters. The third kappa shape index (κ3) is 3.15. The predicted octanol–water partition coefficient (Wildman–Crippen LogP) is 2.86. The first-order valence-electron chi connectivity index (χ1n) is 6.03. The van der Waals surface area contributed by atoms with Gasteiger partial charge in [-0.1, -0.05) is 35.9 Å². The van der Waals surface area contributed by atoms with Gasteiger partial charge in [-0.3, -0.25) is 0 Å². The van der Waals surface area contributed by atoms with E-state index in [1.165, 1.54) is 0 Å². The van der Waals surface area contributed by atoms with Gasteiger partial charge in [-0.25, -0.2) is 8.42 Å². The van der Waals surface area contributed by atoms with Crippen molar-refractivity contribution in [3.63, 3.8) is 0 Å². The summed E-state index contributed by atoms with van der Waals surface area (Å²) in [6, 6.07) is 12.6. The third-order valence-corrected chi connectivity index (χ3v) is 4.68. The molecule has 0 saturated carbocycles. The third-order valence-electron chi connectivity index (χ3n) is 2.94. The topological polar surface area (TPSA) is 60.2 Å². The lowest BCUT2D eigenvalue weighted by atomic mass is 10.2. The van der Waals surface area contributed by atoms with Crippen molar-refractivity contribution in [3.8, 4) is 0 Å². The second-order valence-corrected chi connectivity index (χ2v) is 6.75. The Hall–Kier alpha value is -1.81. The molecular weight excluding hydrogens is 258 g/mol. The number of anilines is 1. The first kappa shape index (κ1) is 13.6. The number of hydrogen-bond acceptors (Lipinski definition) is 3. The van der Waals surface area contributed by atoms with Crippen molar-refractivity contribution in [2.24, 2.45) is 0 Å². The van der Waals surface area contributed by atoms with Crippen LogP contribution in [-0.4, -0.2) is 8.42 Å². The number of nitrogen functional groups attached to an aromatic ring is 1. The van der Waals surface area contributed by atoms with Crippen molar-refractivity contribution < 1.29 is 8.42 Å². The fraction of sp³-hybridized carbons (Fsp3) is 0.200. The van der Waals surface area contributed by atoms with Crippen LogP contribution in [0, 0.1) is 13.8 Å². The molecular formula is C15H17NO2S. The van der Waals surface area contributed by atoms with Crippen LogP contribution < -0.4 is 5.73 Å². The molecule has 100 valence electrons. The van der Waals surface area contributed by atoms with Gasteiger partial charge < -0.3 is 5.73 Å². The lowest BCUT2D eigenvalue weighted by Gasteiger charge is -2.09. The second-order valence-electron chi connectivity index (χ2n) is 4.79. The Balaban J connectivity index is 2.40. The molecule has 2 aromatic carbocycles. The molecule has 0 aromatic heterocycles. The first-order chi connectivity index (χ1) is 8.88. The monoisotopic (exact) mass is 275 g/mol. The average molecular weight is 275 g/mol. The van der Waals surface area contributed by atoms with E-state index in [1.54, 1.807) is 18.2 Å². The Morgan fingerprint density at radius 1 is 1.00 bits per heavy atom. The van der Waals surface area contributed by atoms with E-state index in [0.717, 1.165) is 16.7 Å². The molecule has 0 aliphatic carbocycles. The highest BCUT2D eigenvalue weighted by atomic mass is 32.2. The van der Waals surface area contributed by atoms with Crippen molar-refractivity contribution >= 4 is 15.5 Å². The highest BCUT2D eigenvalue weighted by Crippen LogP contribution is 2.23. The standard InChI is InChI=1S/C15H17NO2S/c1-11-4-3-5-13(8-11)10-19(17,18)15-9-12(2)6-7-14(15)16/h3-9H,10,16H2,1-2H3. The molecule has 0 bridgehead atoms. The normalized spacial score (nSPS) is 11.5. The Kier molecular flexibility index (Phi) is 3.62. The molecule has 4 heteroatoms. The van der Waals surface area contributed by atoms with Crippen LogP contribution in [0.1, 0.15) is 16.7 Å². The zero-order valence-corrected chi connectivity index (χ0v) is 11.9. The van der Waals surface area contributed by atoms with E-state index in [2.05, 4.69) is 0 Å². The predicted molar refractivity (Wildman–Crippen MR) is 77.7 cm³/mol. The van der Waals surface area contributed by atoms with Crippen LogP contribution in [0.2, 0.25) is 0 Å². The molecule has 19 heavy (non-hydrogen) atoms. The van der Waals surface area contributed by atoms with Crippen molar-refractivity contribution in [2.45, 2.75) is 24.5 Å². The Morgan fingerprint density at radius 3 is 2.37 bits per heavy atom. The minimum absolute atomic E-state index is 0.0255. The van der Waals surface area contributed by atoms with Crippen LogP contribution in [0.25, 0.3) is 0 Å². The summed E-state index contributed by atoms with van der Waals surface area (Å²) in [6.07, 6.45) is 0. The molecule has 0 amide bonds. The van der Waals surface area contributed by atoms with E-state index < -0.39 is 9.84 Å². The Morgan fingerprint density at radius 2 is 1.68 bits per heavy atom. The molecule has 0 fully saturated rings. The second kappa shape index (κ2) is 5.05. The summed E-state index contributed by atoms with van der Waals surface area (Å²) < 4.78 is 24.8. The number of rotatable bonds is 3. The number of benzene rings is 2. The molecule has 0 saturated heterocycles. The minimum Gasteiger partial charge on any atom is -0.398 e. The van der Waals surface area contributed by atoms with E-state index >= 15 is 0 Å². The van der Waals surface area contributed by atoms with Gasteiger partial charge in [0, 0.05) is 0 Å². The van der Waals surface area contributed by atoms with Crippen LogP contribution in [0.15, 0.2) is 47.4 Å².